The highest BCUT2D eigenvalue weighted by atomic mass is 15.2. The Hall–Kier alpha value is -3.45. The van der Waals surface area contributed by atoms with E-state index in [1.54, 1.807) is 0 Å². The SMILES string of the molecule is CNCCNc1cccc(-c2cc(N3CCCCC3)nc(-c3ccnc4[nH]ccc34)n2)c1. The standard InChI is InChI=1S/C25H29N7/c1-26-12-13-27-19-7-5-6-18(16-19)22-17-23(32-14-3-2-4-15-32)31-25(30-22)21-9-11-29-24-20(21)8-10-28-24/h5-11,16-17,26-27H,2-4,12-15H2,1H3,(H,28,29). The first-order valence-electron chi connectivity index (χ1n) is 11.4. The number of hydrogen-bond donors (Lipinski definition) is 3. The monoisotopic (exact) mass is 427 g/mol. The van der Waals surface area contributed by atoms with Gasteiger partial charge in [0.05, 0.1) is 5.69 Å². The van der Waals surface area contributed by atoms with Crippen molar-refractivity contribution in [2.45, 2.75) is 19.3 Å². The number of anilines is 2. The lowest BCUT2D eigenvalue weighted by molar-refractivity contribution is 0.573. The average Bonchev–Trinajstić information content (AvgIpc) is 3.34. The van der Waals surface area contributed by atoms with E-state index in [0.29, 0.717) is 0 Å². The molecule has 0 spiro atoms. The number of rotatable bonds is 7. The molecular weight excluding hydrogens is 398 g/mol. The lowest BCUT2D eigenvalue weighted by Gasteiger charge is -2.28. The maximum atomic E-state index is 5.02. The second-order valence-electron chi connectivity index (χ2n) is 8.19. The molecular formula is C25H29N7. The van der Waals surface area contributed by atoms with E-state index in [9.17, 15) is 0 Å². The molecule has 0 saturated carbocycles. The summed E-state index contributed by atoms with van der Waals surface area (Å²) in [6.07, 6.45) is 7.43. The number of likely N-dealkylation sites (N-methyl/N-ethyl adjacent to an activating group) is 1. The molecule has 1 saturated heterocycles. The molecule has 0 unspecified atom stereocenters. The zero-order chi connectivity index (χ0) is 21.8. The third-order valence-corrected chi connectivity index (χ3v) is 5.96. The van der Waals surface area contributed by atoms with Gasteiger partial charge in [0, 0.05) is 66.8 Å². The minimum atomic E-state index is 0.739. The van der Waals surface area contributed by atoms with Crippen molar-refractivity contribution in [3.63, 3.8) is 0 Å². The molecule has 164 valence electrons. The Labute approximate surface area is 188 Å². The van der Waals surface area contributed by atoms with Gasteiger partial charge in [-0.2, -0.15) is 0 Å². The van der Waals surface area contributed by atoms with E-state index in [2.05, 4.69) is 55.8 Å². The van der Waals surface area contributed by atoms with E-state index in [0.717, 1.165) is 71.4 Å². The maximum absolute atomic E-state index is 5.02. The van der Waals surface area contributed by atoms with Crippen molar-refractivity contribution in [2.75, 3.05) is 43.4 Å². The number of nitrogens with zero attached hydrogens (tertiary/aromatic N) is 4. The fourth-order valence-corrected chi connectivity index (χ4v) is 4.26. The van der Waals surface area contributed by atoms with Crippen LogP contribution in [-0.4, -0.2) is 53.2 Å². The molecule has 0 atom stereocenters. The van der Waals surface area contributed by atoms with Gasteiger partial charge < -0.3 is 20.5 Å². The summed E-state index contributed by atoms with van der Waals surface area (Å²) >= 11 is 0. The van der Waals surface area contributed by atoms with Crippen molar-refractivity contribution in [1.82, 2.24) is 25.3 Å². The van der Waals surface area contributed by atoms with E-state index < -0.39 is 0 Å². The molecule has 3 aromatic heterocycles. The Balaban J connectivity index is 1.59. The van der Waals surface area contributed by atoms with Gasteiger partial charge in [-0.05, 0) is 50.6 Å². The van der Waals surface area contributed by atoms with Crippen molar-refractivity contribution in [1.29, 1.82) is 0 Å². The molecule has 0 bridgehead atoms. The van der Waals surface area contributed by atoms with Gasteiger partial charge in [0.2, 0.25) is 0 Å². The summed E-state index contributed by atoms with van der Waals surface area (Å²) in [7, 11) is 1.96. The normalized spacial score (nSPS) is 14.1. The number of aromatic nitrogens is 4. The zero-order valence-electron chi connectivity index (χ0n) is 18.4. The molecule has 7 heteroatoms. The van der Waals surface area contributed by atoms with Crippen LogP contribution in [0.3, 0.4) is 0 Å². The largest absolute Gasteiger partial charge is 0.384 e. The molecule has 3 N–H and O–H groups in total. The van der Waals surface area contributed by atoms with Crippen molar-refractivity contribution in [2.24, 2.45) is 0 Å². The summed E-state index contributed by atoms with van der Waals surface area (Å²) in [5.74, 6) is 1.74. The number of nitrogens with one attached hydrogen (secondary N) is 3. The Kier molecular flexibility index (Phi) is 5.98. The van der Waals surface area contributed by atoms with Crippen LogP contribution < -0.4 is 15.5 Å². The van der Waals surface area contributed by atoms with Crippen LogP contribution in [0.2, 0.25) is 0 Å². The predicted molar refractivity (Wildman–Crippen MR) is 131 cm³/mol. The van der Waals surface area contributed by atoms with E-state index >= 15 is 0 Å². The Morgan fingerprint density at radius 2 is 1.91 bits per heavy atom. The predicted octanol–water partition coefficient (Wildman–Crippen LogP) is 4.31. The van der Waals surface area contributed by atoms with Gasteiger partial charge in [0.25, 0.3) is 0 Å². The summed E-state index contributed by atoms with van der Waals surface area (Å²) in [5.41, 5.74) is 4.97. The van der Waals surface area contributed by atoms with Crippen molar-refractivity contribution >= 4 is 22.5 Å². The van der Waals surface area contributed by atoms with Gasteiger partial charge in [0.15, 0.2) is 5.82 Å². The van der Waals surface area contributed by atoms with Crippen LogP contribution in [-0.2, 0) is 0 Å². The number of H-pyrrole nitrogens is 1. The summed E-state index contributed by atoms with van der Waals surface area (Å²) in [6.45, 7) is 3.86. The summed E-state index contributed by atoms with van der Waals surface area (Å²) in [6, 6.07) is 14.6. The number of fused-ring (bicyclic) bond motifs is 1. The van der Waals surface area contributed by atoms with E-state index in [-0.39, 0.29) is 0 Å². The topological polar surface area (TPSA) is 81.8 Å². The van der Waals surface area contributed by atoms with Crippen molar-refractivity contribution in [3.05, 3.63) is 54.9 Å². The minimum absolute atomic E-state index is 0.739. The number of aromatic amines is 1. The number of piperidine rings is 1. The highest BCUT2D eigenvalue weighted by Gasteiger charge is 2.17. The summed E-state index contributed by atoms with van der Waals surface area (Å²) in [5, 5.41) is 7.68. The Morgan fingerprint density at radius 3 is 2.78 bits per heavy atom. The molecule has 1 aliphatic rings. The highest BCUT2D eigenvalue weighted by molar-refractivity contribution is 5.91. The molecule has 5 rings (SSSR count). The van der Waals surface area contributed by atoms with Crippen LogP contribution >= 0.6 is 0 Å². The number of pyridine rings is 1. The Bertz CT molecular complexity index is 1190. The molecule has 0 radical (unpaired) electrons. The molecule has 4 aromatic rings. The smallest absolute Gasteiger partial charge is 0.162 e. The average molecular weight is 428 g/mol. The molecule has 1 aliphatic heterocycles. The van der Waals surface area contributed by atoms with Gasteiger partial charge in [-0.15, -0.1) is 0 Å². The third-order valence-electron chi connectivity index (χ3n) is 5.96. The number of hydrogen-bond acceptors (Lipinski definition) is 6. The first kappa shape index (κ1) is 20.5. The number of benzene rings is 1. The third kappa shape index (κ3) is 4.29. The van der Waals surface area contributed by atoms with E-state index in [1.165, 1.54) is 19.3 Å². The van der Waals surface area contributed by atoms with Crippen LogP contribution in [0.5, 0.6) is 0 Å². The van der Waals surface area contributed by atoms with Crippen LogP contribution in [0.4, 0.5) is 11.5 Å². The summed E-state index contributed by atoms with van der Waals surface area (Å²) < 4.78 is 0. The lowest BCUT2D eigenvalue weighted by atomic mass is 10.1. The molecule has 32 heavy (non-hydrogen) atoms. The van der Waals surface area contributed by atoms with Crippen LogP contribution in [0.25, 0.3) is 33.7 Å². The second-order valence-corrected chi connectivity index (χ2v) is 8.19. The molecule has 0 aliphatic carbocycles. The second kappa shape index (κ2) is 9.36. The fraction of sp³-hybridized carbons (Fsp3) is 0.320. The minimum Gasteiger partial charge on any atom is -0.384 e. The fourth-order valence-electron chi connectivity index (χ4n) is 4.26. The van der Waals surface area contributed by atoms with Crippen molar-refractivity contribution < 1.29 is 0 Å². The first-order chi connectivity index (χ1) is 15.8. The van der Waals surface area contributed by atoms with E-state index in [1.807, 2.05) is 31.6 Å². The maximum Gasteiger partial charge on any atom is 0.162 e. The molecule has 4 heterocycles. The van der Waals surface area contributed by atoms with Gasteiger partial charge >= 0.3 is 0 Å². The summed E-state index contributed by atoms with van der Waals surface area (Å²) in [4.78, 5) is 20.1. The van der Waals surface area contributed by atoms with Gasteiger partial charge in [-0.25, -0.2) is 15.0 Å². The van der Waals surface area contributed by atoms with Gasteiger partial charge in [-0.1, -0.05) is 12.1 Å². The molecule has 7 nitrogen and oxygen atoms in total. The lowest BCUT2D eigenvalue weighted by Crippen LogP contribution is -2.30. The zero-order valence-corrected chi connectivity index (χ0v) is 18.4. The van der Waals surface area contributed by atoms with Crippen molar-refractivity contribution in [3.8, 4) is 22.6 Å². The molecule has 1 aromatic carbocycles. The van der Waals surface area contributed by atoms with Gasteiger partial charge in [-0.3, -0.25) is 0 Å². The Morgan fingerprint density at radius 1 is 1.00 bits per heavy atom. The quantitative estimate of drug-likeness (QED) is 0.381. The van der Waals surface area contributed by atoms with E-state index in [4.69, 9.17) is 9.97 Å². The molecule has 1 fully saturated rings. The first-order valence-corrected chi connectivity index (χ1v) is 11.4. The van der Waals surface area contributed by atoms with Crippen LogP contribution in [0.15, 0.2) is 54.9 Å². The molecule has 0 amide bonds. The van der Waals surface area contributed by atoms with Crippen LogP contribution in [0.1, 0.15) is 19.3 Å². The van der Waals surface area contributed by atoms with Gasteiger partial charge in [0.1, 0.15) is 11.5 Å². The highest BCUT2D eigenvalue weighted by Crippen LogP contribution is 2.31. The van der Waals surface area contributed by atoms with Crippen LogP contribution in [0, 0.1) is 0 Å².